The lowest BCUT2D eigenvalue weighted by Gasteiger charge is -2.32. The summed E-state index contributed by atoms with van der Waals surface area (Å²) in [5, 5.41) is 8.79. The van der Waals surface area contributed by atoms with Crippen LogP contribution in [0.2, 0.25) is 0 Å². The molecule has 1 N–H and O–H groups in total. The normalized spacial score (nSPS) is 17.1. The first-order chi connectivity index (χ1) is 10.7. The molecule has 1 aliphatic rings. The van der Waals surface area contributed by atoms with Crippen LogP contribution in [-0.4, -0.2) is 48.5 Å². The Labute approximate surface area is 134 Å². The first-order valence-electron chi connectivity index (χ1n) is 8.38. The molecular formula is C18H29NO3. The first-order valence-corrected chi connectivity index (χ1v) is 8.38. The summed E-state index contributed by atoms with van der Waals surface area (Å²) in [6.07, 6.45) is 3.42. The lowest BCUT2D eigenvalue weighted by molar-refractivity contribution is 0.000635. The third-order valence-electron chi connectivity index (χ3n) is 3.92. The molecule has 0 radical (unpaired) electrons. The minimum atomic E-state index is 0.201. The Bertz CT molecular complexity index is 428. The van der Waals surface area contributed by atoms with Crippen molar-refractivity contribution in [3.8, 4) is 5.75 Å². The highest BCUT2D eigenvalue weighted by Crippen LogP contribution is 2.23. The van der Waals surface area contributed by atoms with E-state index in [0.717, 1.165) is 44.6 Å². The second-order valence-corrected chi connectivity index (χ2v) is 6.20. The zero-order valence-corrected chi connectivity index (χ0v) is 13.8. The maximum atomic E-state index is 8.79. The van der Waals surface area contributed by atoms with Gasteiger partial charge in [0, 0.05) is 38.4 Å². The van der Waals surface area contributed by atoms with Gasteiger partial charge in [0.05, 0.1) is 12.2 Å². The Kier molecular flexibility index (Phi) is 7.16. The molecule has 0 aromatic heterocycles. The molecule has 0 spiro atoms. The molecule has 0 bridgehead atoms. The summed E-state index contributed by atoms with van der Waals surface area (Å²) in [4.78, 5) is 2.47. The predicted octanol–water partition coefficient (Wildman–Crippen LogP) is 2.84. The number of ether oxygens (including phenoxy) is 2. The lowest BCUT2D eigenvalue weighted by atomic mass is 10.1. The highest BCUT2D eigenvalue weighted by molar-refractivity contribution is 5.33. The van der Waals surface area contributed by atoms with Gasteiger partial charge in [0.2, 0.25) is 0 Å². The number of aliphatic hydroxyl groups excluding tert-OH is 1. The van der Waals surface area contributed by atoms with Crippen molar-refractivity contribution in [3.63, 3.8) is 0 Å². The van der Waals surface area contributed by atoms with Crippen molar-refractivity contribution in [1.82, 2.24) is 4.90 Å². The van der Waals surface area contributed by atoms with Crippen LogP contribution in [0.1, 0.15) is 38.7 Å². The average molecular weight is 307 g/mol. The Balaban J connectivity index is 1.81. The van der Waals surface area contributed by atoms with Gasteiger partial charge in [-0.05, 0) is 39.2 Å². The standard InChI is InChI=1S/C18H29NO3/c1-15(2)22-18-7-4-3-6-16(18)14-19-10-8-17(9-11-19)21-13-5-12-20/h3-4,6-7,15,17,20H,5,8-14H2,1-2H3. The van der Waals surface area contributed by atoms with Crippen LogP contribution in [0.5, 0.6) is 5.75 Å². The second-order valence-electron chi connectivity index (χ2n) is 6.20. The number of para-hydroxylation sites is 1. The van der Waals surface area contributed by atoms with Crippen molar-refractivity contribution >= 4 is 0 Å². The van der Waals surface area contributed by atoms with E-state index in [1.54, 1.807) is 0 Å². The van der Waals surface area contributed by atoms with E-state index in [-0.39, 0.29) is 12.7 Å². The fourth-order valence-electron chi connectivity index (χ4n) is 2.79. The van der Waals surface area contributed by atoms with E-state index in [0.29, 0.717) is 12.7 Å². The van der Waals surface area contributed by atoms with Crippen LogP contribution in [0.15, 0.2) is 24.3 Å². The van der Waals surface area contributed by atoms with Gasteiger partial charge in [-0.2, -0.15) is 0 Å². The number of rotatable bonds is 8. The first kappa shape index (κ1) is 17.3. The van der Waals surface area contributed by atoms with Gasteiger partial charge in [0.25, 0.3) is 0 Å². The van der Waals surface area contributed by atoms with E-state index in [2.05, 4.69) is 36.9 Å². The zero-order valence-electron chi connectivity index (χ0n) is 13.8. The van der Waals surface area contributed by atoms with Crippen LogP contribution in [0.3, 0.4) is 0 Å². The van der Waals surface area contributed by atoms with E-state index in [1.807, 2.05) is 6.07 Å². The Hall–Kier alpha value is -1.10. The van der Waals surface area contributed by atoms with E-state index in [4.69, 9.17) is 14.6 Å². The molecule has 0 amide bonds. The topological polar surface area (TPSA) is 41.9 Å². The third-order valence-corrected chi connectivity index (χ3v) is 3.92. The van der Waals surface area contributed by atoms with Crippen LogP contribution < -0.4 is 4.74 Å². The fourth-order valence-corrected chi connectivity index (χ4v) is 2.79. The predicted molar refractivity (Wildman–Crippen MR) is 88.2 cm³/mol. The summed E-state index contributed by atoms with van der Waals surface area (Å²) in [7, 11) is 0. The molecule has 1 aromatic rings. The van der Waals surface area contributed by atoms with Crippen LogP contribution >= 0.6 is 0 Å². The molecule has 1 aromatic carbocycles. The monoisotopic (exact) mass is 307 g/mol. The number of benzene rings is 1. The molecule has 1 fully saturated rings. The Morgan fingerprint density at radius 2 is 1.95 bits per heavy atom. The molecule has 1 heterocycles. The second kappa shape index (κ2) is 9.13. The number of aliphatic hydroxyl groups is 1. The van der Waals surface area contributed by atoms with Gasteiger partial charge in [0.15, 0.2) is 0 Å². The number of likely N-dealkylation sites (tertiary alicyclic amines) is 1. The highest BCUT2D eigenvalue weighted by atomic mass is 16.5. The van der Waals surface area contributed by atoms with Crippen molar-refractivity contribution in [2.75, 3.05) is 26.3 Å². The van der Waals surface area contributed by atoms with Crippen LogP contribution in [0, 0.1) is 0 Å². The average Bonchev–Trinajstić information content (AvgIpc) is 2.51. The van der Waals surface area contributed by atoms with Gasteiger partial charge in [-0.25, -0.2) is 0 Å². The quantitative estimate of drug-likeness (QED) is 0.750. The molecule has 0 aliphatic carbocycles. The Morgan fingerprint density at radius 3 is 2.64 bits per heavy atom. The number of piperidine rings is 1. The van der Waals surface area contributed by atoms with Crippen molar-refractivity contribution in [2.45, 2.75) is 51.9 Å². The van der Waals surface area contributed by atoms with E-state index in [1.165, 1.54) is 5.56 Å². The van der Waals surface area contributed by atoms with E-state index < -0.39 is 0 Å². The van der Waals surface area contributed by atoms with Gasteiger partial charge in [-0.1, -0.05) is 18.2 Å². The molecule has 0 saturated carbocycles. The van der Waals surface area contributed by atoms with Crippen molar-refractivity contribution in [1.29, 1.82) is 0 Å². The van der Waals surface area contributed by atoms with Gasteiger partial charge in [-0.15, -0.1) is 0 Å². The summed E-state index contributed by atoms with van der Waals surface area (Å²) in [6.45, 7) is 8.06. The molecular weight excluding hydrogens is 278 g/mol. The maximum absolute atomic E-state index is 8.79. The summed E-state index contributed by atoms with van der Waals surface area (Å²) in [5.41, 5.74) is 1.26. The van der Waals surface area contributed by atoms with Gasteiger partial charge < -0.3 is 14.6 Å². The molecule has 1 aliphatic heterocycles. The number of hydrogen-bond acceptors (Lipinski definition) is 4. The highest BCUT2D eigenvalue weighted by Gasteiger charge is 2.20. The third kappa shape index (κ3) is 5.59. The largest absolute Gasteiger partial charge is 0.491 e. The Morgan fingerprint density at radius 1 is 1.23 bits per heavy atom. The number of hydrogen-bond donors (Lipinski definition) is 1. The molecule has 124 valence electrons. The molecule has 22 heavy (non-hydrogen) atoms. The van der Waals surface area contributed by atoms with Crippen molar-refractivity contribution in [2.24, 2.45) is 0 Å². The SMILES string of the molecule is CC(C)Oc1ccccc1CN1CCC(OCCCO)CC1. The van der Waals surface area contributed by atoms with Crippen LogP contribution in [0.25, 0.3) is 0 Å². The van der Waals surface area contributed by atoms with Crippen molar-refractivity contribution < 1.29 is 14.6 Å². The molecule has 0 unspecified atom stereocenters. The summed E-state index contributed by atoms with van der Waals surface area (Å²) < 4.78 is 11.7. The molecule has 4 nitrogen and oxygen atoms in total. The summed E-state index contributed by atoms with van der Waals surface area (Å²) in [6, 6.07) is 8.32. The molecule has 0 atom stereocenters. The number of nitrogens with zero attached hydrogens (tertiary/aromatic N) is 1. The minimum absolute atomic E-state index is 0.201. The lowest BCUT2D eigenvalue weighted by Crippen LogP contribution is -2.36. The van der Waals surface area contributed by atoms with Crippen LogP contribution in [-0.2, 0) is 11.3 Å². The summed E-state index contributed by atoms with van der Waals surface area (Å²) >= 11 is 0. The zero-order chi connectivity index (χ0) is 15.8. The molecule has 1 saturated heterocycles. The van der Waals surface area contributed by atoms with E-state index in [9.17, 15) is 0 Å². The minimum Gasteiger partial charge on any atom is -0.491 e. The van der Waals surface area contributed by atoms with Gasteiger partial charge in [-0.3, -0.25) is 4.90 Å². The van der Waals surface area contributed by atoms with Crippen molar-refractivity contribution in [3.05, 3.63) is 29.8 Å². The smallest absolute Gasteiger partial charge is 0.124 e. The van der Waals surface area contributed by atoms with E-state index >= 15 is 0 Å². The summed E-state index contributed by atoms with van der Waals surface area (Å²) in [5.74, 6) is 0.999. The van der Waals surface area contributed by atoms with Gasteiger partial charge >= 0.3 is 0 Å². The maximum Gasteiger partial charge on any atom is 0.124 e. The van der Waals surface area contributed by atoms with Crippen LogP contribution in [0.4, 0.5) is 0 Å². The fraction of sp³-hybridized carbons (Fsp3) is 0.667. The van der Waals surface area contributed by atoms with Gasteiger partial charge in [0.1, 0.15) is 5.75 Å². The molecule has 2 rings (SSSR count). The molecule has 4 heteroatoms.